The van der Waals surface area contributed by atoms with Crippen molar-refractivity contribution in [1.29, 1.82) is 0 Å². The van der Waals surface area contributed by atoms with Gasteiger partial charge in [-0.2, -0.15) is 0 Å². The standard InChI is InChI=1S/C74H144O17P2/c1-9-65(6)51-43-35-27-24-25-29-40-48-56-73(78)90-69(61-85-72(77)55-47-39-32-30-36-44-52-66(7)10-2)62-88-92(80,81)86-58-68(75)59-87-93(82,83)89-63-70(91-74(79)57-49-41-33-31-37-45-53-67(8)11-3)60-84-71(76)54-46-38-28-23-21-19-17-15-13-12-14-16-18-20-22-26-34-42-50-64(4)5/h64-70,75H,9-63H2,1-8H3,(H,80,81)(H,82,83)/t65?,66?,67?,68-,69+,70+/m0/s1. The molecular formula is C74H144O17P2. The van der Waals surface area contributed by atoms with E-state index in [0.29, 0.717) is 25.7 Å². The first-order chi connectivity index (χ1) is 44.7. The first-order valence-electron chi connectivity index (χ1n) is 38.3. The molecule has 0 aromatic carbocycles. The minimum Gasteiger partial charge on any atom is -0.462 e. The largest absolute Gasteiger partial charge is 0.472 e. The number of esters is 4. The second-order valence-electron chi connectivity index (χ2n) is 27.9. The fourth-order valence-corrected chi connectivity index (χ4v) is 12.7. The molecule has 552 valence electrons. The summed E-state index contributed by atoms with van der Waals surface area (Å²) in [5.74, 6) is 0.913. The zero-order valence-corrected chi connectivity index (χ0v) is 62.7. The summed E-state index contributed by atoms with van der Waals surface area (Å²) in [5, 5.41) is 10.6. The van der Waals surface area contributed by atoms with Gasteiger partial charge in [-0.05, 0) is 49.4 Å². The van der Waals surface area contributed by atoms with E-state index >= 15 is 0 Å². The van der Waals surface area contributed by atoms with Crippen LogP contribution in [0.2, 0.25) is 0 Å². The van der Waals surface area contributed by atoms with E-state index in [9.17, 15) is 43.2 Å². The molecule has 0 aromatic rings. The third-order valence-corrected chi connectivity index (χ3v) is 20.1. The van der Waals surface area contributed by atoms with Crippen molar-refractivity contribution < 1.29 is 80.2 Å². The summed E-state index contributed by atoms with van der Waals surface area (Å²) in [6.07, 6.45) is 47.4. The molecule has 0 aliphatic rings. The highest BCUT2D eigenvalue weighted by Gasteiger charge is 2.30. The molecule has 17 nitrogen and oxygen atoms in total. The van der Waals surface area contributed by atoms with Crippen LogP contribution in [-0.4, -0.2) is 96.7 Å². The summed E-state index contributed by atoms with van der Waals surface area (Å²) >= 11 is 0. The van der Waals surface area contributed by atoms with Gasteiger partial charge in [0.05, 0.1) is 26.4 Å². The molecule has 0 aromatic heterocycles. The topological polar surface area (TPSA) is 237 Å². The lowest BCUT2D eigenvalue weighted by molar-refractivity contribution is -0.161. The quantitative estimate of drug-likeness (QED) is 0.0222. The maximum absolute atomic E-state index is 13.0. The molecule has 93 heavy (non-hydrogen) atoms. The zero-order chi connectivity index (χ0) is 68.9. The van der Waals surface area contributed by atoms with Gasteiger partial charge in [-0.1, -0.05) is 319 Å². The molecule has 0 rings (SSSR count). The van der Waals surface area contributed by atoms with Crippen LogP contribution >= 0.6 is 15.6 Å². The van der Waals surface area contributed by atoms with E-state index in [1.165, 1.54) is 167 Å². The Labute approximate surface area is 568 Å². The van der Waals surface area contributed by atoms with E-state index in [-0.39, 0.29) is 25.7 Å². The van der Waals surface area contributed by atoms with Crippen molar-refractivity contribution in [3.8, 4) is 0 Å². The van der Waals surface area contributed by atoms with Gasteiger partial charge in [0, 0.05) is 25.7 Å². The molecular weight excluding hydrogens is 1220 g/mol. The SMILES string of the molecule is CCC(C)CCCCCCCCCCC(=O)O[C@H](COC(=O)CCCCCCCCC(C)CC)COP(=O)(O)OC[C@H](O)COP(=O)(O)OC[C@@H](COC(=O)CCCCCCCCCCCCCCCCCCCCC(C)C)OC(=O)CCCCCCCCC(C)CC. The van der Waals surface area contributed by atoms with Gasteiger partial charge in [0.2, 0.25) is 0 Å². The fourth-order valence-electron chi connectivity index (χ4n) is 11.1. The predicted molar refractivity (Wildman–Crippen MR) is 377 cm³/mol. The van der Waals surface area contributed by atoms with E-state index in [0.717, 1.165) is 120 Å². The Morgan fingerprint density at radius 3 is 0.763 bits per heavy atom. The average Bonchev–Trinajstić information content (AvgIpc) is 3.00. The third kappa shape index (κ3) is 64.5. The molecule has 0 radical (unpaired) electrons. The first-order valence-corrected chi connectivity index (χ1v) is 41.3. The van der Waals surface area contributed by atoms with Crippen LogP contribution in [0.15, 0.2) is 0 Å². The van der Waals surface area contributed by atoms with Gasteiger partial charge in [0.1, 0.15) is 19.3 Å². The number of hydrogen-bond donors (Lipinski definition) is 3. The Morgan fingerprint density at radius 1 is 0.301 bits per heavy atom. The molecule has 0 spiro atoms. The zero-order valence-electron chi connectivity index (χ0n) is 60.9. The van der Waals surface area contributed by atoms with Crippen molar-refractivity contribution in [2.45, 2.75) is 388 Å². The summed E-state index contributed by atoms with van der Waals surface area (Å²) < 4.78 is 68.4. The maximum atomic E-state index is 13.0. The highest BCUT2D eigenvalue weighted by molar-refractivity contribution is 7.47. The van der Waals surface area contributed by atoms with E-state index in [2.05, 4.69) is 55.4 Å². The lowest BCUT2D eigenvalue weighted by Gasteiger charge is -2.21. The van der Waals surface area contributed by atoms with Crippen molar-refractivity contribution in [3.63, 3.8) is 0 Å². The molecule has 0 saturated carbocycles. The van der Waals surface area contributed by atoms with Crippen LogP contribution in [0.25, 0.3) is 0 Å². The number of phosphoric acid groups is 2. The molecule has 19 heteroatoms. The minimum atomic E-state index is -4.95. The van der Waals surface area contributed by atoms with E-state index in [1.54, 1.807) is 0 Å². The molecule has 3 N–H and O–H groups in total. The lowest BCUT2D eigenvalue weighted by Crippen LogP contribution is -2.30. The average molecular weight is 1370 g/mol. The molecule has 0 bridgehead atoms. The van der Waals surface area contributed by atoms with Gasteiger partial charge in [-0.3, -0.25) is 37.3 Å². The van der Waals surface area contributed by atoms with Gasteiger partial charge in [0.25, 0.3) is 0 Å². The van der Waals surface area contributed by atoms with Crippen LogP contribution in [0.1, 0.15) is 370 Å². The highest BCUT2D eigenvalue weighted by atomic mass is 31.2. The number of ether oxygens (including phenoxy) is 4. The molecule has 0 saturated heterocycles. The number of unbranched alkanes of at least 4 members (excludes halogenated alkanes) is 34. The van der Waals surface area contributed by atoms with Crippen molar-refractivity contribution in [1.82, 2.24) is 0 Å². The van der Waals surface area contributed by atoms with Gasteiger partial charge in [-0.25, -0.2) is 9.13 Å². The number of aliphatic hydroxyl groups excluding tert-OH is 1. The number of carbonyl (C=O) groups is 4. The number of aliphatic hydroxyl groups is 1. The fraction of sp³-hybridized carbons (Fsp3) is 0.946. The van der Waals surface area contributed by atoms with Crippen LogP contribution in [0.5, 0.6) is 0 Å². The molecule has 0 fully saturated rings. The summed E-state index contributed by atoms with van der Waals surface area (Å²) in [5.41, 5.74) is 0. The molecule has 0 amide bonds. The van der Waals surface area contributed by atoms with Crippen molar-refractivity contribution >= 4 is 39.5 Å². The van der Waals surface area contributed by atoms with Crippen molar-refractivity contribution in [2.24, 2.45) is 23.7 Å². The smallest absolute Gasteiger partial charge is 0.462 e. The van der Waals surface area contributed by atoms with Gasteiger partial charge >= 0.3 is 39.5 Å². The first kappa shape index (κ1) is 91.1. The second kappa shape index (κ2) is 63.5. The Morgan fingerprint density at radius 2 is 0.516 bits per heavy atom. The summed E-state index contributed by atoms with van der Waals surface area (Å²) in [6, 6.07) is 0. The van der Waals surface area contributed by atoms with Crippen molar-refractivity contribution in [2.75, 3.05) is 39.6 Å². The second-order valence-corrected chi connectivity index (χ2v) is 30.8. The molecule has 8 atom stereocenters. The predicted octanol–water partition coefficient (Wildman–Crippen LogP) is 21.3. The third-order valence-electron chi connectivity index (χ3n) is 18.2. The Hall–Kier alpha value is -1.94. The van der Waals surface area contributed by atoms with Gasteiger partial charge < -0.3 is 33.8 Å². The van der Waals surface area contributed by atoms with Crippen LogP contribution in [0.4, 0.5) is 0 Å². The number of phosphoric ester groups is 2. The molecule has 0 aliphatic heterocycles. The Bertz CT molecular complexity index is 1840. The Balaban J connectivity index is 5.15. The minimum absolute atomic E-state index is 0.103. The maximum Gasteiger partial charge on any atom is 0.472 e. The monoisotopic (exact) mass is 1370 g/mol. The van der Waals surface area contributed by atoms with Crippen LogP contribution < -0.4 is 0 Å². The molecule has 0 heterocycles. The Kier molecular flexibility index (Phi) is 62.2. The van der Waals surface area contributed by atoms with Crippen LogP contribution in [0.3, 0.4) is 0 Å². The van der Waals surface area contributed by atoms with Gasteiger partial charge in [-0.15, -0.1) is 0 Å². The number of rotatable bonds is 71. The number of carbonyl (C=O) groups excluding carboxylic acids is 4. The van der Waals surface area contributed by atoms with Crippen molar-refractivity contribution in [3.05, 3.63) is 0 Å². The number of hydrogen-bond acceptors (Lipinski definition) is 15. The van der Waals surface area contributed by atoms with E-state index < -0.39 is 97.5 Å². The van der Waals surface area contributed by atoms with E-state index in [4.69, 9.17) is 37.0 Å². The summed E-state index contributed by atoms with van der Waals surface area (Å²) in [4.78, 5) is 72.6. The summed E-state index contributed by atoms with van der Waals surface area (Å²) in [7, 11) is -9.91. The van der Waals surface area contributed by atoms with Crippen LogP contribution in [0, 0.1) is 23.7 Å². The highest BCUT2D eigenvalue weighted by Crippen LogP contribution is 2.45. The summed E-state index contributed by atoms with van der Waals surface area (Å²) in [6.45, 7) is 14.1. The van der Waals surface area contributed by atoms with Crippen LogP contribution in [-0.2, 0) is 65.4 Å². The normalized spacial score (nSPS) is 15.1. The molecule has 0 aliphatic carbocycles. The molecule has 5 unspecified atom stereocenters. The van der Waals surface area contributed by atoms with Gasteiger partial charge in [0.15, 0.2) is 12.2 Å². The lowest BCUT2D eigenvalue weighted by atomic mass is 9.99. The van der Waals surface area contributed by atoms with E-state index in [1.807, 2.05) is 0 Å².